The van der Waals surface area contributed by atoms with Crippen molar-refractivity contribution in [3.63, 3.8) is 0 Å². The summed E-state index contributed by atoms with van der Waals surface area (Å²) in [4.78, 5) is 0.206. The van der Waals surface area contributed by atoms with Crippen LogP contribution in [0.3, 0.4) is 0 Å². The zero-order chi connectivity index (χ0) is 13.9. The number of anilines is 1. The van der Waals surface area contributed by atoms with Gasteiger partial charge in [-0.3, -0.25) is 4.72 Å². The maximum absolute atomic E-state index is 12.2. The van der Waals surface area contributed by atoms with Crippen molar-refractivity contribution in [3.8, 4) is 5.75 Å². The molecule has 2 aromatic carbocycles. The molecule has 0 amide bonds. The maximum atomic E-state index is 12.2. The summed E-state index contributed by atoms with van der Waals surface area (Å²) < 4.78 is 32.8. The summed E-state index contributed by atoms with van der Waals surface area (Å²) in [6.07, 6.45) is 0. The van der Waals surface area contributed by atoms with E-state index in [1.807, 2.05) is 0 Å². The van der Waals surface area contributed by atoms with Gasteiger partial charge in [-0.05, 0) is 30.3 Å². The Morgan fingerprint density at radius 1 is 1.11 bits per heavy atom. The number of methoxy groups -OCH3 is 1. The van der Waals surface area contributed by atoms with Crippen molar-refractivity contribution in [3.05, 3.63) is 53.0 Å². The zero-order valence-electron chi connectivity index (χ0n) is 10.1. The molecule has 0 spiro atoms. The molecule has 0 aliphatic rings. The van der Waals surface area contributed by atoms with Gasteiger partial charge in [-0.15, -0.1) is 0 Å². The summed E-state index contributed by atoms with van der Waals surface area (Å²) >= 11 is 3.30. The van der Waals surface area contributed by atoms with Gasteiger partial charge in [0.05, 0.1) is 17.7 Å². The number of halogens is 1. The largest absolute Gasteiger partial charge is 0.495 e. The van der Waals surface area contributed by atoms with Gasteiger partial charge in [0.15, 0.2) is 0 Å². The highest BCUT2D eigenvalue weighted by Crippen LogP contribution is 2.29. The van der Waals surface area contributed by atoms with E-state index in [1.165, 1.54) is 19.2 Å². The van der Waals surface area contributed by atoms with Crippen molar-refractivity contribution < 1.29 is 13.2 Å². The summed E-state index contributed by atoms with van der Waals surface area (Å²) in [6, 6.07) is 13.3. The van der Waals surface area contributed by atoms with Crippen LogP contribution in [0.5, 0.6) is 5.75 Å². The molecule has 0 saturated heterocycles. The minimum Gasteiger partial charge on any atom is -0.495 e. The molecule has 0 heterocycles. The Kier molecular flexibility index (Phi) is 4.11. The lowest BCUT2D eigenvalue weighted by molar-refractivity contribution is 0.417. The van der Waals surface area contributed by atoms with Crippen molar-refractivity contribution in [2.24, 2.45) is 0 Å². The zero-order valence-corrected chi connectivity index (χ0v) is 12.5. The van der Waals surface area contributed by atoms with Crippen molar-refractivity contribution in [2.45, 2.75) is 4.90 Å². The molecule has 0 saturated carbocycles. The second kappa shape index (κ2) is 5.63. The summed E-state index contributed by atoms with van der Waals surface area (Å²) in [5.74, 6) is 0.461. The van der Waals surface area contributed by atoms with Gasteiger partial charge in [0.2, 0.25) is 0 Å². The predicted molar refractivity (Wildman–Crippen MR) is 77.9 cm³/mol. The molecule has 1 N–H and O–H groups in total. The van der Waals surface area contributed by atoms with Gasteiger partial charge in [0.1, 0.15) is 5.75 Å². The van der Waals surface area contributed by atoms with Gasteiger partial charge in [0.25, 0.3) is 10.0 Å². The van der Waals surface area contributed by atoms with Gasteiger partial charge in [-0.2, -0.15) is 0 Å². The fourth-order valence-corrected chi connectivity index (χ4v) is 3.01. The molecule has 2 rings (SSSR count). The molecule has 19 heavy (non-hydrogen) atoms. The molecule has 4 nitrogen and oxygen atoms in total. The van der Waals surface area contributed by atoms with Crippen LogP contribution in [0.4, 0.5) is 5.69 Å². The van der Waals surface area contributed by atoms with E-state index in [2.05, 4.69) is 20.7 Å². The Hall–Kier alpha value is -1.53. The van der Waals surface area contributed by atoms with Crippen molar-refractivity contribution in [2.75, 3.05) is 11.8 Å². The van der Waals surface area contributed by atoms with Gasteiger partial charge in [-0.25, -0.2) is 8.42 Å². The molecule has 0 aromatic heterocycles. The maximum Gasteiger partial charge on any atom is 0.262 e. The van der Waals surface area contributed by atoms with Crippen LogP contribution in [-0.2, 0) is 10.0 Å². The van der Waals surface area contributed by atoms with Gasteiger partial charge < -0.3 is 4.74 Å². The number of rotatable bonds is 4. The quantitative estimate of drug-likeness (QED) is 0.928. The van der Waals surface area contributed by atoms with Crippen LogP contribution in [0.1, 0.15) is 0 Å². The van der Waals surface area contributed by atoms with Gasteiger partial charge in [-0.1, -0.05) is 34.1 Å². The van der Waals surface area contributed by atoms with Crippen molar-refractivity contribution in [1.82, 2.24) is 0 Å². The van der Waals surface area contributed by atoms with Gasteiger partial charge in [0, 0.05) is 4.47 Å². The fraction of sp³-hybridized carbons (Fsp3) is 0.0769. The van der Waals surface area contributed by atoms with Gasteiger partial charge >= 0.3 is 0 Å². The van der Waals surface area contributed by atoms with Crippen LogP contribution in [0, 0.1) is 0 Å². The van der Waals surface area contributed by atoms with Crippen LogP contribution >= 0.6 is 15.9 Å². The third-order valence-corrected chi connectivity index (χ3v) is 4.33. The second-order valence-corrected chi connectivity index (χ2v) is 6.36. The Morgan fingerprint density at radius 3 is 2.42 bits per heavy atom. The summed E-state index contributed by atoms with van der Waals surface area (Å²) in [7, 11) is -2.12. The molecule has 0 unspecified atom stereocenters. The molecule has 6 heteroatoms. The molecule has 0 aliphatic heterocycles. The molecular formula is C13H12BrNO3S. The molecule has 0 aliphatic carbocycles. The number of hydrogen-bond acceptors (Lipinski definition) is 3. The third-order valence-electron chi connectivity index (χ3n) is 2.46. The molecule has 0 atom stereocenters. The smallest absolute Gasteiger partial charge is 0.262 e. The number of hydrogen-bond donors (Lipinski definition) is 1. The van der Waals surface area contributed by atoms with Crippen LogP contribution < -0.4 is 9.46 Å². The monoisotopic (exact) mass is 341 g/mol. The predicted octanol–water partition coefficient (Wildman–Crippen LogP) is 3.26. The first kappa shape index (κ1) is 13.9. The van der Waals surface area contributed by atoms with E-state index in [0.717, 1.165) is 4.47 Å². The Morgan fingerprint density at radius 2 is 1.79 bits per heavy atom. The van der Waals surface area contributed by atoms with E-state index in [4.69, 9.17) is 4.74 Å². The average Bonchev–Trinajstić information content (AvgIpc) is 2.39. The lowest BCUT2D eigenvalue weighted by atomic mass is 10.3. The first-order valence-corrected chi connectivity index (χ1v) is 7.72. The standard InChI is InChI=1S/C13H12BrNO3S/c1-18-13-8-7-10(14)9-12(13)15-19(16,17)11-5-3-2-4-6-11/h2-9,15H,1H3. The topological polar surface area (TPSA) is 55.4 Å². The van der Waals surface area contributed by atoms with E-state index in [1.54, 1.807) is 36.4 Å². The minimum absolute atomic E-state index is 0.206. The van der Waals surface area contributed by atoms with Crippen molar-refractivity contribution >= 4 is 31.6 Å². The van der Waals surface area contributed by atoms with Crippen LogP contribution in [0.2, 0.25) is 0 Å². The van der Waals surface area contributed by atoms with Crippen LogP contribution in [0.15, 0.2) is 57.9 Å². The second-order valence-electron chi connectivity index (χ2n) is 3.76. The Balaban J connectivity index is 2.38. The SMILES string of the molecule is COc1ccc(Br)cc1NS(=O)(=O)c1ccccc1. The Labute approximate surface area is 120 Å². The number of benzene rings is 2. The van der Waals surface area contributed by atoms with E-state index >= 15 is 0 Å². The number of sulfonamides is 1. The van der Waals surface area contributed by atoms with Crippen LogP contribution in [-0.4, -0.2) is 15.5 Å². The highest BCUT2D eigenvalue weighted by Gasteiger charge is 2.16. The molecule has 2 aromatic rings. The molecule has 100 valence electrons. The van der Waals surface area contributed by atoms with Crippen LogP contribution in [0.25, 0.3) is 0 Å². The molecular weight excluding hydrogens is 330 g/mol. The highest BCUT2D eigenvalue weighted by atomic mass is 79.9. The van der Waals surface area contributed by atoms with E-state index < -0.39 is 10.0 Å². The number of ether oxygens (including phenoxy) is 1. The van der Waals surface area contributed by atoms with E-state index in [-0.39, 0.29) is 4.90 Å². The fourth-order valence-electron chi connectivity index (χ4n) is 1.56. The number of nitrogens with one attached hydrogen (secondary N) is 1. The van der Waals surface area contributed by atoms with E-state index in [0.29, 0.717) is 11.4 Å². The molecule has 0 bridgehead atoms. The summed E-state index contributed by atoms with van der Waals surface area (Å²) in [5.41, 5.74) is 0.390. The van der Waals surface area contributed by atoms with E-state index in [9.17, 15) is 8.42 Å². The minimum atomic E-state index is -3.61. The van der Waals surface area contributed by atoms with Crippen molar-refractivity contribution in [1.29, 1.82) is 0 Å². The lowest BCUT2D eigenvalue weighted by Crippen LogP contribution is -2.13. The average molecular weight is 342 g/mol. The summed E-state index contributed by atoms with van der Waals surface area (Å²) in [5, 5.41) is 0. The lowest BCUT2D eigenvalue weighted by Gasteiger charge is -2.12. The Bertz CT molecular complexity index is 672. The molecule has 0 fully saturated rings. The first-order valence-electron chi connectivity index (χ1n) is 5.44. The molecule has 0 radical (unpaired) electrons. The normalized spacial score (nSPS) is 11.1. The highest BCUT2D eigenvalue weighted by molar-refractivity contribution is 9.10. The third kappa shape index (κ3) is 3.27. The first-order chi connectivity index (χ1) is 9.03. The summed E-state index contributed by atoms with van der Waals surface area (Å²) in [6.45, 7) is 0.